The second-order valence-electron chi connectivity index (χ2n) is 9.42. The highest BCUT2D eigenvalue weighted by atomic mass is 16.5. The summed E-state index contributed by atoms with van der Waals surface area (Å²) in [7, 11) is 0. The van der Waals surface area contributed by atoms with Crippen molar-refractivity contribution < 1.29 is 9.84 Å². The molecule has 3 heteroatoms. The van der Waals surface area contributed by atoms with Crippen LogP contribution in [0.3, 0.4) is 0 Å². The normalized spacial score (nSPS) is 32.7. The summed E-state index contributed by atoms with van der Waals surface area (Å²) in [5.41, 5.74) is 1.39. The van der Waals surface area contributed by atoms with Gasteiger partial charge in [-0.1, -0.05) is 12.8 Å². The fourth-order valence-corrected chi connectivity index (χ4v) is 5.66. The van der Waals surface area contributed by atoms with E-state index >= 15 is 0 Å². The molecule has 144 valence electrons. The Kier molecular flexibility index (Phi) is 4.94. The molecule has 3 nitrogen and oxygen atoms in total. The first-order valence-corrected chi connectivity index (χ1v) is 10.7. The van der Waals surface area contributed by atoms with Crippen molar-refractivity contribution >= 4 is 5.69 Å². The molecule has 1 N–H and O–H groups in total. The lowest BCUT2D eigenvalue weighted by molar-refractivity contribution is -0.0720. The van der Waals surface area contributed by atoms with Gasteiger partial charge in [0.25, 0.3) is 0 Å². The van der Waals surface area contributed by atoms with Gasteiger partial charge >= 0.3 is 0 Å². The van der Waals surface area contributed by atoms with Gasteiger partial charge in [0.2, 0.25) is 0 Å². The summed E-state index contributed by atoms with van der Waals surface area (Å²) in [6, 6.07) is 8.60. The summed E-state index contributed by atoms with van der Waals surface area (Å²) in [4.78, 5) is 2.54. The van der Waals surface area contributed by atoms with Gasteiger partial charge < -0.3 is 14.7 Å². The van der Waals surface area contributed by atoms with Crippen LogP contribution >= 0.6 is 0 Å². The summed E-state index contributed by atoms with van der Waals surface area (Å²) >= 11 is 0. The molecule has 26 heavy (non-hydrogen) atoms. The van der Waals surface area contributed by atoms with Crippen LogP contribution in [0, 0.1) is 11.3 Å². The minimum absolute atomic E-state index is 0.219. The second-order valence-corrected chi connectivity index (χ2v) is 9.42. The number of anilines is 1. The number of nitrogens with zero attached hydrogens (tertiary/aromatic N) is 1. The zero-order valence-corrected chi connectivity index (χ0v) is 16.5. The molecular formula is C23H35NO2. The van der Waals surface area contributed by atoms with Crippen LogP contribution in [0.25, 0.3) is 0 Å². The minimum atomic E-state index is -0.356. The molecule has 0 aromatic heterocycles. The van der Waals surface area contributed by atoms with Crippen LogP contribution < -0.4 is 9.64 Å². The number of ether oxygens (including phenoxy) is 1. The van der Waals surface area contributed by atoms with Gasteiger partial charge in [-0.25, -0.2) is 0 Å². The highest BCUT2D eigenvalue weighted by Gasteiger charge is 2.48. The average Bonchev–Trinajstić information content (AvgIpc) is 3.30. The summed E-state index contributed by atoms with van der Waals surface area (Å²) in [5, 5.41) is 11.2. The molecule has 2 saturated carbocycles. The topological polar surface area (TPSA) is 32.7 Å². The second kappa shape index (κ2) is 7.07. The molecule has 1 aromatic rings. The molecule has 1 spiro atoms. The fourth-order valence-electron chi connectivity index (χ4n) is 5.66. The first-order chi connectivity index (χ1) is 12.5. The van der Waals surface area contributed by atoms with Gasteiger partial charge in [-0.05, 0) is 94.4 Å². The quantitative estimate of drug-likeness (QED) is 0.807. The van der Waals surface area contributed by atoms with Crippen molar-refractivity contribution in [3.05, 3.63) is 24.3 Å². The molecule has 4 rings (SSSR count). The number of hydrogen-bond donors (Lipinski definition) is 1. The van der Waals surface area contributed by atoms with Gasteiger partial charge in [-0.3, -0.25) is 0 Å². The smallest absolute Gasteiger partial charge is 0.119 e. The number of aliphatic hydroxyl groups is 1. The average molecular weight is 358 g/mol. The first kappa shape index (κ1) is 18.2. The Bertz CT molecular complexity index is 595. The first-order valence-electron chi connectivity index (χ1n) is 10.7. The van der Waals surface area contributed by atoms with Crippen LogP contribution in [-0.2, 0) is 0 Å². The molecule has 2 aliphatic carbocycles. The maximum Gasteiger partial charge on any atom is 0.119 e. The van der Waals surface area contributed by atoms with Gasteiger partial charge in [0.15, 0.2) is 0 Å². The van der Waals surface area contributed by atoms with Gasteiger partial charge in [0, 0.05) is 18.8 Å². The van der Waals surface area contributed by atoms with Crippen LogP contribution in [0.4, 0.5) is 5.69 Å². The number of rotatable bonds is 4. The summed E-state index contributed by atoms with van der Waals surface area (Å²) in [5.74, 6) is 1.53. The van der Waals surface area contributed by atoms with E-state index in [4.69, 9.17) is 4.74 Å². The van der Waals surface area contributed by atoms with Crippen molar-refractivity contribution in [3.8, 4) is 5.75 Å². The number of hydrogen-bond acceptors (Lipinski definition) is 3. The van der Waals surface area contributed by atoms with E-state index in [0.29, 0.717) is 11.3 Å². The molecule has 0 unspecified atom stereocenters. The van der Waals surface area contributed by atoms with E-state index in [1.165, 1.54) is 50.6 Å². The van der Waals surface area contributed by atoms with Crippen LogP contribution in [0.15, 0.2) is 24.3 Å². The summed E-state index contributed by atoms with van der Waals surface area (Å²) in [6.07, 6.45) is 11.1. The molecule has 0 radical (unpaired) electrons. The Balaban J connectivity index is 1.36. The highest BCUT2D eigenvalue weighted by Crippen LogP contribution is 2.51. The predicted molar refractivity (Wildman–Crippen MR) is 107 cm³/mol. The van der Waals surface area contributed by atoms with E-state index in [9.17, 15) is 5.11 Å². The van der Waals surface area contributed by atoms with Crippen molar-refractivity contribution in [1.82, 2.24) is 0 Å². The van der Waals surface area contributed by atoms with Crippen molar-refractivity contribution in [1.29, 1.82) is 0 Å². The van der Waals surface area contributed by atoms with E-state index in [2.05, 4.69) is 43.0 Å². The molecule has 0 atom stereocenters. The molecule has 0 bridgehead atoms. The minimum Gasteiger partial charge on any atom is -0.491 e. The monoisotopic (exact) mass is 357 g/mol. The third-order valence-electron chi connectivity index (χ3n) is 7.30. The lowest BCUT2D eigenvalue weighted by Crippen LogP contribution is -2.44. The molecule has 1 aromatic carbocycles. The molecule has 1 aliphatic heterocycles. The lowest BCUT2D eigenvalue weighted by Gasteiger charge is -2.45. The standard InChI is InChI=1S/C23H35NO2/c1-18(2)26-21-9-7-20(8-10-21)24-16-15-22(17-24)11-13-23(25,14-12-22)19-5-3-4-6-19/h7-10,18-19,25H,3-6,11-17H2,1-2H3/t22-,23-. The Morgan fingerprint density at radius 2 is 1.65 bits per heavy atom. The van der Waals surface area contributed by atoms with E-state index in [-0.39, 0.29) is 11.7 Å². The van der Waals surface area contributed by atoms with E-state index in [0.717, 1.165) is 31.7 Å². The predicted octanol–water partition coefficient (Wildman–Crippen LogP) is 5.17. The van der Waals surface area contributed by atoms with Crippen molar-refractivity contribution in [2.45, 2.75) is 83.3 Å². The molecule has 1 heterocycles. The zero-order chi connectivity index (χ0) is 18.2. The van der Waals surface area contributed by atoms with Gasteiger partial charge in [0.05, 0.1) is 11.7 Å². The third kappa shape index (κ3) is 3.60. The maximum atomic E-state index is 11.2. The molecule has 0 amide bonds. The van der Waals surface area contributed by atoms with Crippen LogP contribution in [-0.4, -0.2) is 29.9 Å². The Morgan fingerprint density at radius 1 is 1.00 bits per heavy atom. The van der Waals surface area contributed by atoms with E-state index in [1.54, 1.807) is 0 Å². The van der Waals surface area contributed by atoms with Crippen LogP contribution in [0.2, 0.25) is 0 Å². The van der Waals surface area contributed by atoms with E-state index in [1.807, 2.05) is 0 Å². The van der Waals surface area contributed by atoms with Gasteiger partial charge in [-0.15, -0.1) is 0 Å². The highest BCUT2D eigenvalue weighted by molar-refractivity contribution is 5.50. The van der Waals surface area contributed by atoms with Crippen LogP contribution in [0.1, 0.15) is 71.6 Å². The zero-order valence-electron chi connectivity index (χ0n) is 16.5. The fraction of sp³-hybridized carbons (Fsp3) is 0.739. The largest absolute Gasteiger partial charge is 0.491 e. The van der Waals surface area contributed by atoms with Crippen LogP contribution in [0.5, 0.6) is 5.75 Å². The Hall–Kier alpha value is -1.22. The molecule has 1 saturated heterocycles. The summed E-state index contributed by atoms with van der Waals surface area (Å²) in [6.45, 7) is 6.42. The van der Waals surface area contributed by atoms with Crippen molar-refractivity contribution in [3.63, 3.8) is 0 Å². The summed E-state index contributed by atoms with van der Waals surface area (Å²) < 4.78 is 5.77. The van der Waals surface area contributed by atoms with Gasteiger partial charge in [-0.2, -0.15) is 0 Å². The van der Waals surface area contributed by atoms with E-state index < -0.39 is 0 Å². The molecular weight excluding hydrogens is 322 g/mol. The number of benzene rings is 1. The van der Waals surface area contributed by atoms with Gasteiger partial charge in [0.1, 0.15) is 5.75 Å². The van der Waals surface area contributed by atoms with Crippen molar-refractivity contribution in [2.75, 3.05) is 18.0 Å². The van der Waals surface area contributed by atoms with Crippen molar-refractivity contribution in [2.24, 2.45) is 11.3 Å². The Morgan fingerprint density at radius 3 is 2.27 bits per heavy atom. The molecule has 3 fully saturated rings. The lowest BCUT2D eigenvalue weighted by atomic mass is 9.64. The molecule has 3 aliphatic rings. The SMILES string of the molecule is CC(C)Oc1ccc(N2CC[C@]3(CC[C@](O)(C4CCCC4)CC3)C2)cc1. The Labute approximate surface area is 158 Å². The third-order valence-corrected chi connectivity index (χ3v) is 7.30. The maximum absolute atomic E-state index is 11.2.